The number of hydrogen-bond donors (Lipinski definition) is 0. The van der Waals surface area contributed by atoms with Crippen LogP contribution in [0.3, 0.4) is 0 Å². The highest BCUT2D eigenvalue weighted by Gasteiger charge is 2.43. The van der Waals surface area contributed by atoms with Crippen molar-refractivity contribution < 1.29 is 13.7 Å². The summed E-state index contributed by atoms with van der Waals surface area (Å²) >= 11 is 1.53. The van der Waals surface area contributed by atoms with E-state index in [1.807, 2.05) is 0 Å². The molecule has 2 saturated carbocycles. The zero-order valence-electron chi connectivity index (χ0n) is 17.7. The minimum atomic E-state index is -0.379. The second-order valence-corrected chi connectivity index (χ2v) is 9.53. The zero-order chi connectivity index (χ0) is 21.4. The van der Waals surface area contributed by atoms with Crippen molar-refractivity contribution in [3.05, 3.63) is 47.6 Å². The minimum absolute atomic E-state index is 0.166. The van der Waals surface area contributed by atoms with Crippen LogP contribution in [-0.2, 0) is 12.4 Å². The summed E-state index contributed by atoms with van der Waals surface area (Å²) in [7, 11) is 0. The van der Waals surface area contributed by atoms with Crippen molar-refractivity contribution in [2.45, 2.75) is 63.1 Å². The van der Waals surface area contributed by atoms with Crippen molar-refractivity contribution in [1.29, 1.82) is 0 Å². The lowest BCUT2D eigenvalue weighted by Gasteiger charge is -2.30. The fourth-order valence-corrected chi connectivity index (χ4v) is 6.10. The maximum atomic E-state index is 14.0. The largest absolute Gasteiger partial charge is 0.483 e. The van der Waals surface area contributed by atoms with Gasteiger partial charge in [-0.05, 0) is 63.0 Å². The van der Waals surface area contributed by atoms with Crippen molar-refractivity contribution in [1.82, 2.24) is 24.9 Å². The number of nitrogens with zero attached hydrogens (tertiary/aromatic N) is 5. The number of hydrogen-bond acceptors (Lipinski definition) is 7. The van der Waals surface area contributed by atoms with Gasteiger partial charge in [-0.25, -0.2) is 4.39 Å². The van der Waals surface area contributed by atoms with Crippen molar-refractivity contribution in [2.75, 3.05) is 0 Å². The number of aryl methyl sites for hydroxylation is 1. The van der Waals surface area contributed by atoms with Crippen molar-refractivity contribution in [3.63, 3.8) is 0 Å². The fourth-order valence-electron chi connectivity index (χ4n) is 5.22. The van der Waals surface area contributed by atoms with Gasteiger partial charge in [-0.15, -0.1) is 10.2 Å². The Labute approximate surface area is 184 Å². The number of para-hydroxylation sites is 1. The maximum absolute atomic E-state index is 14.0. The van der Waals surface area contributed by atoms with Gasteiger partial charge in [0.25, 0.3) is 0 Å². The van der Waals surface area contributed by atoms with Gasteiger partial charge in [-0.2, -0.15) is 4.98 Å². The molecule has 1 aromatic carbocycles. The van der Waals surface area contributed by atoms with E-state index in [4.69, 9.17) is 9.26 Å². The van der Waals surface area contributed by atoms with Crippen LogP contribution in [0.5, 0.6) is 5.75 Å². The molecule has 2 fully saturated rings. The lowest BCUT2D eigenvalue weighted by atomic mass is 9.84. The summed E-state index contributed by atoms with van der Waals surface area (Å²) in [6.07, 6.45) is 5.26. The van der Waals surface area contributed by atoms with E-state index >= 15 is 0 Å². The average molecular weight is 444 g/mol. The molecule has 7 nitrogen and oxygen atoms in total. The van der Waals surface area contributed by atoms with Crippen LogP contribution < -0.4 is 4.74 Å². The molecule has 164 valence electrons. The predicted octanol–water partition coefficient (Wildman–Crippen LogP) is 4.98. The van der Waals surface area contributed by atoms with E-state index in [9.17, 15) is 4.39 Å². The third kappa shape index (κ3) is 4.20. The number of fused-ring (bicyclic) bond motifs is 2. The summed E-state index contributed by atoms with van der Waals surface area (Å²) in [5.41, 5.74) is 0. The molecule has 0 amide bonds. The second kappa shape index (κ2) is 8.61. The summed E-state index contributed by atoms with van der Waals surface area (Å²) in [6, 6.07) is 6.68. The van der Waals surface area contributed by atoms with Crippen LogP contribution in [-0.4, -0.2) is 24.9 Å². The van der Waals surface area contributed by atoms with Crippen molar-refractivity contribution >= 4 is 11.8 Å². The molecule has 2 heterocycles. The van der Waals surface area contributed by atoms with E-state index in [1.54, 1.807) is 25.1 Å². The monoisotopic (exact) mass is 443 g/mol. The molecule has 4 atom stereocenters. The Morgan fingerprint density at radius 3 is 2.84 bits per heavy atom. The van der Waals surface area contributed by atoms with Gasteiger partial charge in [0, 0.05) is 6.04 Å². The van der Waals surface area contributed by atoms with Gasteiger partial charge in [0.05, 0.1) is 5.75 Å². The molecule has 5 rings (SSSR count). The molecular formula is C22H26FN5O2S. The van der Waals surface area contributed by atoms with Crippen LogP contribution in [0.2, 0.25) is 0 Å². The topological polar surface area (TPSA) is 78.9 Å². The van der Waals surface area contributed by atoms with Crippen LogP contribution in [0.4, 0.5) is 4.39 Å². The molecule has 0 aliphatic heterocycles. The van der Waals surface area contributed by atoms with Crippen LogP contribution in [0.25, 0.3) is 0 Å². The molecule has 2 aliphatic carbocycles. The van der Waals surface area contributed by atoms with Gasteiger partial charge in [-0.3, -0.25) is 4.57 Å². The minimum Gasteiger partial charge on any atom is -0.483 e. The van der Waals surface area contributed by atoms with Crippen LogP contribution >= 0.6 is 11.8 Å². The van der Waals surface area contributed by atoms with Gasteiger partial charge in [0.1, 0.15) is 6.61 Å². The fraction of sp³-hybridized carbons (Fsp3) is 0.545. The quantitative estimate of drug-likeness (QED) is 0.454. The number of rotatable bonds is 8. The van der Waals surface area contributed by atoms with Gasteiger partial charge < -0.3 is 9.26 Å². The Morgan fingerprint density at radius 2 is 2.13 bits per heavy atom. The summed E-state index contributed by atoms with van der Waals surface area (Å²) in [5, 5.41) is 13.5. The lowest BCUT2D eigenvalue weighted by Crippen LogP contribution is -2.24. The molecule has 0 radical (unpaired) electrons. The molecule has 2 aliphatic rings. The van der Waals surface area contributed by atoms with Crippen LogP contribution in [0, 0.1) is 30.5 Å². The first-order valence-corrected chi connectivity index (χ1v) is 11.8. The first-order valence-electron chi connectivity index (χ1n) is 10.8. The highest BCUT2D eigenvalue weighted by molar-refractivity contribution is 7.98. The SMILES string of the molecule is Cc1noc(CSc2nnc(COc3ccccc3F)n2C(C)C2CC3CCC2C3)n1. The number of benzene rings is 1. The van der Waals surface area contributed by atoms with Crippen LogP contribution in [0.15, 0.2) is 33.9 Å². The molecular weight excluding hydrogens is 417 g/mol. The Kier molecular flexibility index (Phi) is 5.69. The Morgan fingerprint density at radius 1 is 1.26 bits per heavy atom. The first kappa shape index (κ1) is 20.5. The lowest BCUT2D eigenvalue weighted by molar-refractivity contribution is 0.215. The predicted molar refractivity (Wildman–Crippen MR) is 113 cm³/mol. The molecule has 0 N–H and O–H groups in total. The molecule has 3 aromatic rings. The second-order valence-electron chi connectivity index (χ2n) is 8.59. The zero-order valence-corrected chi connectivity index (χ0v) is 18.5. The molecule has 2 aromatic heterocycles. The molecule has 0 spiro atoms. The first-order chi connectivity index (χ1) is 15.1. The molecule has 2 bridgehead atoms. The smallest absolute Gasteiger partial charge is 0.237 e. The molecule has 31 heavy (non-hydrogen) atoms. The number of thioether (sulfide) groups is 1. The number of ether oxygens (including phenoxy) is 1. The number of aromatic nitrogens is 5. The Bertz CT molecular complexity index is 1050. The standard InChI is InChI=1S/C22H26FN5O2S/c1-13(17-10-15-7-8-16(17)9-15)28-20(11-29-19-6-4-3-5-18(19)23)25-26-22(28)31-12-21-24-14(2)27-30-21/h3-6,13,15-17H,7-12H2,1-2H3. The van der Waals surface area contributed by atoms with E-state index in [0.29, 0.717) is 29.2 Å². The molecule has 9 heteroatoms. The average Bonchev–Trinajstić information content (AvgIpc) is 3.55. The normalized spacial score (nSPS) is 23.4. The summed E-state index contributed by atoms with van der Waals surface area (Å²) in [6.45, 7) is 4.22. The summed E-state index contributed by atoms with van der Waals surface area (Å²) in [4.78, 5) is 4.28. The third-order valence-electron chi connectivity index (χ3n) is 6.64. The molecule has 0 saturated heterocycles. The summed E-state index contributed by atoms with van der Waals surface area (Å²) in [5.74, 6) is 4.48. The van der Waals surface area contributed by atoms with Gasteiger partial charge in [-0.1, -0.05) is 35.5 Å². The maximum Gasteiger partial charge on any atom is 0.237 e. The van der Waals surface area contributed by atoms with E-state index in [1.165, 1.54) is 43.5 Å². The summed E-state index contributed by atoms with van der Waals surface area (Å²) < 4.78 is 27.2. The van der Waals surface area contributed by atoms with Crippen molar-refractivity contribution in [2.24, 2.45) is 17.8 Å². The highest BCUT2D eigenvalue weighted by atomic mass is 32.2. The van der Waals surface area contributed by atoms with Gasteiger partial charge in [0.15, 0.2) is 28.4 Å². The van der Waals surface area contributed by atoms with Gasteiger partial charge >= 0.3 is 0 Å². The van der Waals surface area contributed by atoms with Crippen LogP contribution in [0.1, 0.15) is 56.2 Å². The molecule has 4 unspecified atom stereocenters. The Balaban J connectivity index is 1.38. The number of halogens is 1. The van der Waals surface area contributed by atoms with E-state index < -0.39 is 0 Å². The van der Waals surface area contributed by atoms with E-state index in [2.05, 4.69) is 31.8 Å². The third-order valence-corrected chi connectivity index (χ3v) is 7.57. The Hall–Kier alpha value is -2.42. The van der Waals surface area contributed by atoms with E-state index in [0.717, 1.165) is 17.0 Å². The van der Waals surface area contributed by atoms with Gasteiger partial charge in [0.2, 0.25) is 5.89 Å². The van der Waals surface area contributed by atoms with E-state index in [-0.39, 0.29) is 24.2 Å². The van der Waals surface area contributed by atoms with Crippen molar-refractivity contribution in [3.8, 4) is 5.75 Å². The highest BCUT2D eigenvalue weighted by Crippen LogP contribution is 2.52.